The molecule has 0 spiro atoms. The standard InChI is InChI=1S/C26H28FN5O4S.Na/c1-4-6-7-8-24(33)32-37(34,35)23-16-20(10-9-18(23)3)30-26-28-17-22(27)25(31-26)29-19-11-13-21(14-12-19)36-15-5-2;/h2,9-14,16-17H,4,6-8,15H2,1,3H3,(H,32,33)(H2,28,29,30,31);. The molecule has 2 aromatic carbocycles. The molecule has 0 aliphatic heterocycles. The summed E-state index contributed by atoms with van der Waals surface area (Å²) >= 11 is 0. The Bertz CT molecular complexity index is 1400. The van der Waals surface area contributed by atoms with Crippen LogP contribution in [0.25, 0.3) is 0 Å². The number of halogens is 1. The SMILES string of the molecule is C#CCOc1ccc(Nc2nc(Nc3ccc(C)c(S(=O)(=O)NC(=O)CCCCC)c3)ncc2F)cc1.[Na]. The van der Waals surface area contributed by atoms with Gasteiger partial charge in [-0.3, -0.25) is 4.79 Å². The maximum absolute atomic E-state index is 14.4. The summed E-state index contributed by atoms with van der Waals surface area (Å²) in [6.07, 6.45) is 8.67. The van der Waals surface area contributed by atoms with E-state index in [4.69, 9.17) is 11.2 Å². The van der Waals surface area contributed by atoms with E-state index in [0.29, 0.717) is 29.1 Å². The van der Waals surface area contributed by atoms with Gasteiger partial charge in [-0.15, -0.1) is 6.42 Å². The molecule has 195 valence electrons. The molecule has 3 N–H and O–H groups in total. The molecule has 0 aliphatic carbocycles. The Morgan fingerprint density at radius 2 is 1.82 bits per heavy atom. The number of hydrogen-bond donors (Lipinski definition) is 3. The Labute approximate surface area is 244 Å². The van der Waals surface area contributed by atoms with Crippen molar-refractivity contribution >= 4 is 68.6 Å². The van der Waals surface area contributed by atoms with Crippen LogP contribution in [0.2, 0.25) is 0 Å². The number of terminal acetylenes is 1. The number of nitrogens with one attached hydrogen (secondary N) is 3. The number of aryl methyl sites for hydroxylation is 1. The van der Waals surface area contributed by atoms with Crippen LogP contribution in [0.3, 0.4) is 0 Å². The summed E-state index contributed by atoms with van der Waals surface area (Å²) in [5.74, 6) is 1.65. The molecule has 0 saturated heterocycles. The minimum Gasteiger partial charge on any atom is -0.481 e. The van der Waals surface area contributed by atoms with Crippen molar-refractivity contribution in [2.45, 2.75) is 44.4 Å². The Kier molecular flexibility index (Phi) is 12.0. The second-order valence-electron chi connectivity index (χ2n) is 8.12. The van der Waals surface area contributed by atoms with Crippen molar-refractivity contribution in [2.75, 3.05) is 17.2 Å². The van der Waals surface area contributed by atoms with Crippen molar-refractivity contribution in [3.05, 3.63) is 60.0 Å². The van der Waals surface area contributed by atoms with E-state index in [1.807, 2.05) is 6.92 Å². The van der Waals surface area contributed by atoms with Crippen LogP contribution < -0.4 is 20.1 Å². The van der Waals surface area contributed by atoms with Crippen LogP contribution in [-0.4, -0.2) is 60.5 Å². The quantitative estimate of drug-likeness (QED) is 0.173. The number of aromatic nitrogens is 2. The summed E-state index contributed by atoms with van der Waals surface area (Å²) < 4.78 is 47.4. The van der Waals surface area contributed by atoms with Gasteiger partial charge in [-0.2, -0.15) is 4.98 Å². The second-order valence-corrected chi connectivity index (χ2v) is 9.77. The number of sulfonamides is 1. The second kappa shape index (κ2) is 14.7. The number of amides is 1. The van der Waals surface area contributed by atoms with Gasteiger partial charge >= 0.3 is 0 Å². The van der Waals surface area contributed by atoms with Crippen LogP contribution in [0.5, 0.6) is 5.75 Å². The summed E-state index contributed by atoms with van der Waals surface area (Å²) in [5.41, 5.74) is 1.35. The van der Waals surface area contributed by atoms with Gasteiger partial charge in [-0.1, -0.05) is 31.8 Å². The zero-order valence-electron chi connectivity index (χ0n) is 21.5. The molecule has 1 heterocycles. The summed E-state index contributed by atoms with van der Waals surface area (Å²) in [7, 11) is -4.08. The van der Waals surface area contributed by atoms with Crippen molar-refractivity contribution in [3.63, 3.8) is 0 Å². The Morgan fingerprint density at radius 1 is 1.11 bits per heavy atom. The predicted octanol–water partition coefficient (Wildman–Crippen LogP) is 4.43. The van der Waals surface area contributed by atoms with E-state index >= 15 is 0 Å². The molecule has 1 aromatic heterocycles. The molecule has 9 nitrogen and oxygen atoms in total. The van der Waals surface area contributed by atoms with Gasteiger partial charge in [0.05, 0.1) is 11.1 Å². The minimum atomic E-state index is -4.08. The molecule has 1 amide bonds. The van der Waals surface area contributed by atoms with E-state index in [-0.39, 0.29) is 59.2 Å². The fourth-order valence-electron chi connectivity index (χ4n) is 3.30. The normalized spacial score (nSPS) is 10.6. The maximum atomic E-state index is 14.4. The molecule has 1 radical (unpaired) electrons. The van der Waals surface area contributed by atoms with E-state index in [1.165, 1.54) is 6.07 Å². The first kappa shape index (κ1) is 31.1. The Balaban J connectivity index is 0.00000507. The van der Waals surface area contributed by atoms with E-state index in [2.05, 4.69) is 31.2 Å². The topological polar surface area (TPSA) is 122 Å². The van der Waals surface area contributed by atoms with Gasteiger partial charge < -0.3 is 15.4 Å². The molecule has 3 rings (SSSR count). The van der Waals surface area contributed by atoms with E-state index < -0.39 is 21.7 Å². The van der Waals surface area contributed by atoms with Gasteiger partial charge in [0.15, 0.2) is 11.6 Å². The molecular weight excluding hydrogens is 520 g/mol. The van der Waals surface area contributed by atoms with E-state index in [0.717, 1.165) is 19.0 Å². The number of hydrogen-bond acceptors (Lipinski definition) is 8. The third kappa shape index (κ3) is 8.99. The molecule has 0 unspecified atom stereocenters. The number of carbonyl (C=O) groups excluding carboxylic acids is 1. The summed E-state index contributed by atoms with van der Waals surface area (Å²) in [6, 6.07) is 11.3. The zero-order valence-corrected chi connectivity index (χ0v) is 24.4. The number of rotatable bonds is 12. The molecule has 0 aliphatic rings. The molecule has 0 atom stereocenters. The number of benzene rings is 2. The van der Waals surface area contributed by atoms with Gasteiger partial charge in [0, 0.05) is 47.4 Å². The van der Waals surface area contributed by atoms with Crippen LogP contribution in [0.15, 0.2) is 53.6 Å². The van der Waals surface area contributed by atoms with Crippen molar-refractivity contribution in [2.24, 2.45) is 0 Å². The Hall–Kier alpha value is -3.17. The van der Waals surface area contributed by atoms with E-state index in [9.17, 15) is 17.6 Å². The first-order chi connectivity index (χ1) is 17.7. The molecule has 3 aromatic rings. The molecule has 0 fully saturated rings. The van der Waals surface area contributed by atoms with Gasteiger partial charge in [0.2, 0.25) is 11.9 Å². The first-order valence-electron chi connectivity index (χ1n) is 11.6. The van der Waals surface area contributed by atoms with Crippen molar-refractivity contribution in [3.8, 4) is 18.1 Å². The molecule has 0 saturated carbocycles. The third-order valence-electron chi connectivity index (χ3n) is 5.17. The molecule has 0 bridgehead atoms. The number of ether oxygens (including phenoxy) is 1. The van der Waals surface area contributed by atoms with Crippen LogP contribution in [0.4, 0.5) is 27.5 Å². The zero-order chi connectivity index (χ0) is 26.8. The average molecular weight is 549 g/mol. The monoisotopic (exact) mass is 548 g/mol. The first-order valence-corrected chi connectivity index (χ1v) is 13.1. The maximum Gasteiger partial charge on any atom is 0.264 e. The Morgan fingerprint density at radius 3 is 2.50 bits per heavy atom. The molecular formula is C26H28FN5NaO4S. The van der Waals surface area contributed by atoms with Gasteiger partial charge in [0.1, 0.15) is 12.4 Å². The fraction of sp³-hybridized carbons (Fsp3) is 0.269. The van der Waals surface area contributed by atoms with Crippen LogP contribution in [-0.2, 0) is 14.8 Å². The van der Waals surface area contributed by atoms with Gasteiger partial charge in [-0.25, -0.2) is 22.5 Å². The average Bonchev–Trinajstić information content (AvgIpc) is 2.86. The number of carbonyl (C=O) groups is 1. The van der Waals surface area contributed by atoms with Crippen molar-refractivity contribution < 1.29 is 22.3 Å². The third-order valence-corrected chi connectivity index (χ3v) is 6.69. The molecule has 12 heteroatoms. The largest absolute Gasteiger partial charge is 0.481 e. The van der Waals surface area contributed by atoms with Gasteiger partial charge in [0.25, 0.3) is 10.0 Å². The van der Waals surface area contributed by atoms with Gasteiger partial charge in [-0.05, 0) is 55.3 Å². The smallest absolute Gasteiger partial charge is 0.264 e. The molecule has 38 heavy (non-hydrogen) atoms. The van der Waals surface area contributed by atoms with Crippen LogP contribution in [0.1, 0.15) is 38.2 Å². The number of anilines is 4. The fourth-order valence-corrected chi connectivity index (χ4v) is 4.58. The predicted molar refractivity (Wildman–Crippen MR) is 146 cm³/mol. The number of unbranched alkanes of at least 4 members (excludes halogenated alkanes) is 2. The van der Waals surface area contributed by atoms with E-state index in [1.54, 1.807) is 43.3 Å². The van der Waals surface area contributed by atoms with Crippen LogP contribution >= 0.6 is 0 Å². The number of nitrogens with zero attached hydrogens (tertiary/aromatic N) is 2. The summed E-state index contributed by atoms with van der Waals surface area (Å²) in [6.45, 7) is 3.75. The summed E-state index contributed by atoms with van der Waals surface area (Å²) in [4.78, 5) is 20.1. The van der Waals surface area contributed by atoms with Crippen LogP contribution in [0, 0.1) is 25.1 Å². The van der Waals surface area contributed by atoms with Crippen molar-refractivity contribution in [1.82, 2.24) is 14.7 Å². The summed E-state index contributed by atoms with van der Waals surface area (Å²) in [5, 5.41) is 5.74. The van der Waals surface area contributed by atoms with Crippen molar-refractivity contribution in [1.29, 1.82) is 0 Å². The minimum absolute atomic E-state index is 0.